The Labute approximate surface area is 126 Å². The van der Waals surface area contributed by atoms with Crippen molar-refractivity contribution in [3.8, 4) is 0 Å². The molecule has 5 heteroatoms. The fourth-order valence-electron chi connectivity index (χ4n) is 3.68. The Morgan fingerprint density at radius 1 is 1.33 bits per heavy atom. The van der Waals surface area contributed by atoms with Crippen LogP contribution in [0.15, 0.2) is 0 Å². The van der Waals surface area contributed by atoms with Crippen molar-refractivity contribution in [2.45, 2.75) is 83.5 Å². The fourth-order valence-corrected chi connectivity index (χ4v) is 3.68. The second kappa shape index (κ2) is 8.37. The number of likely N-dealkylation sites (N-methyl/N-ethyl adjacent to an activating group) is 1. The van der Waals surface area contributed by atoms with Crippen LogP contribution in [0.3, 0.4) is 0 Å². The van der Waals surface area contributed by atoms with Crippen molar-refractivity contribution in [3.05, 3.63) is 0 Å². The minimum absolute atomic E-state index is 0.0209. The molecule has 0 saturated heterocycles. The molecule has 1 aliphatic rings. The van der Waals surface area contributed by atoms with Gasteiger partial charge in [-0.25, -0.2) is 0 Å². The molecule has 0 heterocycles. The zero-order valence-electron chi connectivity index (χ0n) is 13.6. The van der Waals surface area contributed by atoms with Crippen LogP contribution in [-0.4, -0.2) is 31.0 Å². The second-order valence-corrected chi connectivity index (χ2v) is 6.32. The quantitative estimate of drug-likeness (QED) is 0.703. The van der Waals surface area contributed by atoms with Crippen LogP contribution < -0.4 is 5.32 Å². The van der Waals surface area contributed by atoms with E-state index in [9.17, 15) is 13.2 Å². The van der Waals surface area contributed by atoms with Gasteiger partial charge in [0.25, 0.3) is 0 Å². The van der Waals surface area contributed by atoms with Gasteiger partial charge >= 0.3 is 6.18 Å². The van der Waals surface area contributed by atoms with E-state index in [0.717, 1.165) is 25.8 Å². The van der Waals surface area contributed by atoms with Crippen molar-refractivity contribution >= 4 is 0 Å². The summed E-state index contributed by atoms with van der Waals surface area (Å²) in [5.74, 6) is 0.578. The summed E-state index contributed by atoms with van der Waals surface area (Å²) >= 11 is 0. The van der Waals surface area contributed by atoms with Gasteiger partial charge in [-0.1, -0.05) is 26.7 Å². The maximum atomic E-state index is 12.4. The Kier molecular flexibility index (Phi) is 7.48. The Bertz CT molecular complexity index is 292. The molecule has 0 aromatic rings. The highest BCUT2D eigenvalue weighted by atomic mass is 19.4. The lowest BCUT2D eigenvalue weighted by Crippen LogP contribution is -2.55. The van der Waals surface area contributed by atoms with Gasteiger partial charge in [0.2, 0.25) is 0 Å². The molecule has 0 bridgehead atoms. The van der Waals surface area contributed by atoms with E-state index < -0.39 is 12.6 Å². The molecule has 1 saturated carbocycles. The molecule has 0 amide bonds. The molecule has 0 spiro atoms. The van der Waals surface area contributed by atoms with Crippen molar-refractivity contribution in [2.24, 2.45) is 5.92 Å². The number of hydrogen-bond donors (Lipinski definition) is 1. The molecular formula is C16H30F3NO. The highest BCUT2D eigenvalue weighted by molar-refractivity contribution is 4.97. The van der Waals surface area contributed by atoms with E-state index in [2.05, 4.69) is 12.2 Å². The molecular weight excluding hydrogens is 279 g/mol. The normalized spacial score (nSPS) is 28.6. The predicted molar refractivity (Wildman–Crippen MR) is 79.4 cm³/mol. The van der Waals surface area contributed by atoms with Gasteiger partial charge in [-0.15, -0.1) is 0 Å². The van der Waals surface area contributed by atoms with Gasteiger partial charge in [-0.2, -0.15) is 13.2 Å². The summed E-state index contributed by atoms with van der Waals surface area (Å²) in [5, 5.41) is 3.39. The molecule has 2 nitrogen and oxygen atoms in total. The van der Waals surface area contributed by atoms with E-state index in [1.807, 2.05) is 13.8 Å². The third-order valence-electron chi connectivity index (χ3n) is 4.46. The lowest BCUT2D eigenvalue weighted by molar-refractivity contribution is -0.139. The van der Waals surface area contributed by atoms with Crippen molar-refractivity contribution in [2.75, 3.05) is 13.2 Å². The first-order chi connectivity index (χ1) is 9.83. The van der Waals surface area contributed by atoms with Crippen LogP contribution >= 0.6 is 0 Å². The first kappa shape index (κ1) is 18.8. The predicted octanol–water partition coefficient (Wildman–Crippen LogP) is 4.68. The zero-order chi connectivity index (χ0) is 15.9. The van der Waals surface area contributed by atoms with E-state index in [0.29, 0.717) is 18.9 Å². The lowest BCUT2D eigenvalue weighted by Gasteiger charge is -2.46. The third kappa shape index (κ3) is 6.15. The molecule has 0 aromatic heterocycles. The SMILES string of the molecule is CCNC(CCCC(F)(F)F)C1(OCC)CCCC(C)C1. The molecule has 1 aliphatic carbocycles. The maximum Gasteiger partial charge on any atom is 0.389 e. The first-order valence-electron chi connectivity index (χ1n) is 8.27. The number of ether oxygens (including phenoxy) is 1. The van der Waals surface area contributed by atoms with Crippen LogP contribution in [0.2, 0.25) is 0 Å². The van der Waals surface area contributed by atoms with Crippen LogP contribution in [0.4, 0.5) is 13.2 Å². The number of rotatable bonds is 8. The summed E-state index contributed by atoms with van der Waals surface area (Å²) in [4.78, 5) is 0. The third-order valence-corrected chi connectivity index (χ3v) is 4.46. The maximum absolute atomic E-state index is 12.4. The highest BCUT2D eigenvalue weighted by Gasteiger charge is 2.42. The van der Waals surface area contributed by atoms with Gasteiger partial charge < -0.3 is 10.1 Å². The minimum atomic E-state index is -4.06. The van der Waals surface area contributed by atoms with E-state index in [1.54, 1.807) is 0 Å². The van der Waals surface area contributed by atoms with Gasteiger partial charge in [0, 0.05) is 19.1 Å². The summed E-state index contributed by atoms with van der Waals surface area (Å²) in [6, 6.07) is 0.0209. The minimum Gasteiger partial charge on any atom is -0.374 e. The Balaban J connectivity index is 2.72. The smallest absolute Gasteiger partial charge is 0.374 e. The van der Waals surface area contributed by atoms with Gasteiger partial charge in [-0.3, -0.25) is 0 Å². The summed E-state index contributed by atoms with van der Waals surface area (Å²) < 4.78 is 43.3. The Hall–Kier alpha value is -0.290. The van der Waals surface area contributed by atoms with Gasteiger partial charge in [0.1, 0.15) is 0 Å². The van der Waals surface area contributed by atoms with Gasteiger partial charge in [0.05, 0.1) is 5.60 Å². The number of nitrogens with one attached hydrogen (secondary N) is 1. The van der Waals surface area contributed by atoms with Crippen LogP contribution in [0.5, 0.6) is 0 Å². The van der Waals surface area contributed by atoms with Crippen molar-refractivity contribution in [1.82, 2.24) is 5.32 Å². The lowest BCUT2D eigenvalue weighted by atomic mass is 9.73. The molecule has 126 valence electrons. The number of hydrogen-bond acceptors (Lipinski definition) is 2. The van der Waals surface area contributed by atoms with Crippen molar-refractivity contribution in [3.63, 3.8) is 0 Å². The van der Waals surface area contributed by atoms with E-state index >= 15 is 0 Å². The molecule has 21 heavy (non-hydrogen) atoms. The molecule has 3 unspecified atom stereocenters. The summed E-state index contributed by atoms with van der Waals surface area (Å²) in [6.45, 7) is 7.57. The fraction of sp³-hybridized carbons (Fsp3) is 1.00. The van der Waals surface area contributed by atoms with Gasteiger partial charge in [0.15, 0.2) is 0 Å². The zero-order valence-corrected chi connectivity index (χ0v) is 13.6. The molecule has 1 N–H and O–H groups in total. The summed E-state index contributed by atoms with van der Waals surface area (Å²) in [6.07, 6.45) is 0.129. The number of halogens is 3. The average molecular weight is 309 g/mol. The molecule has 0 aliphatic heterocycles. The van der Waals surface area contributed by atoms with Crippen LogP contribution in [0, 0.1) is 5.92 Å². The first-order valence-corrected chi connectivity index (χ1v) is 8.27. The van der Waals surface area contributed by atoms with Crippen LogP contribution in [0.25, 0.3) is 0 Å². The van der Waals surface area contributed by atoms with E-state index in [-0.39, 0.29) is 18.1 Å². The molecule has 0 radical (unpaired) electrons. The van der Waals surface area contributed by atoms with Crippen LogP contribution in [-0.2, 0) is 4.74 Å². The number of alkyl halides is 3. The standard InChI is InChI=1S/C16H30F3NO/c1-4-20-14(9-7-11-16(17,18)19)15(21-5-2)10-6-8-13(3)12-15/h13-14,20H,4-12H2,1-3H3. The Morgan fingerprint density at radius 3 is 2.57 bits per heavy atom. The van der Waals surface area contributed by atoms with Crippen LogP contribution in [0.1, 0.15) is 65.7 Å². The monoisotopic (exact) mass is 309 g/mol. The average Bonchev–Trinajstić information content (AvgIpc) is 2.36. The van der Waals surface area contributed by atoms with E-state index in [1.165, 1.54) is 6.42 Å². The van der Waals surface area contributed by atoms with Crippen molar-refractivity contribution < 1.29 is 17.9 Å². The summed E-state index contributed by atoms with van der Waals surface area (Å²) in [7, 11) is 0. The summed E-state index contributed by atoms with van der Waals surface area (Å²) in [5.41, 5.74) is -0.284. The second-order valence-electron chi connectivity index (χ2n) is 6.32. The molecule has 1 rings (SSSR count). The van der Waals surface area contributed by atoms with Crippen molar-refractivity contribution in [1.29, 1.82) is 0 Å². The largest absolute Gasteiger partial charge is 0.389 e. The molecule has 0 aromatic carbocycles. The topological polar surface area (TPSA) is 21.3 Å². The Morgan fingerprint density at radius 2 is 2.05 bits per heavy atom. The molecule has 1 fully saturated rings. The van der Waals surface area contributed by atoms with E-state index in [4.69, 9.17) is 4.74 Å². The molecule has 3 atom stereocenters. The van der Waals surface area contributed by atoms with Gasteiger partial charge in [-0.05, 0) is 45.1 Å². The highest BCUT2D eigenvalue weighted by Crippen LogP contribution is 2.39.